The van der Waals surface area contributed by atoms with Crippen molar-refractivity contribution in [3.05, 3.63) is 0 Å². The van der Waals surface area contributed by atoms with Crippen LogP contribution < -0.4 is 0 Å². The molecule has 0 aromatic carbocycles. The molecule has 3 aliphatic carbocycles. The van der Waals surface area contributed by atoms with Crippen LogP contribution in [0.3, 0.4) is 0 Å². The summed E-state index contributed by atoms with van der Waals surface area (Å²) in [6.07, 6.45) is 9.80. The van der Waals surface area contributed by atoms with E-state index in [9.17, 15) is 9.59 Å². The lowest BCUT2D eigenvalue weighted by Gasteiger charge is -2.26. The van der Waals surface area contributed by atoms with E-state index in [2.05, 4.69) is 0 Å². The number of hydrogen-bond donors (Lipinski definition) is 0. The Morgan fingerprint density at radius 1 is 0.842 bits per heavy atom. The third-order valence-corrected chi connectivity index (χ3v) is 6.18. The highest BCUT2D eigenvalue weighted by molar-refractivity contribution is 6.06. The van der Waals surface area contributed by atoms with Crippen LogP contribution in [0, 0.1) is 29.6 Å². The van der Waals surface area contributed by atoms with Gasteiger partial charge >= 0.3 is 0 Å². The summed E-state index contributed by atoms with van der Waals surface area (Å²) >= 11 is 0. The van der Waals surface area contributed by atoms with E-state index in [0.717, 1.165) is 13.0 Å². The molecule has 4 aliphatic rings. The smallest absolute Gasteiger partial charge is 0.233 e. The molecule has 19 heavy (non-hydrogen) atoms. The molecule has 4 atom stereocenters. The highest BCUT2D eigenvalue weighted by atomic mass is 16.2. The molecule has 4 rings (SSSR count). The number of carbonyl (C=O) groups is 2. The summed E-state index contributed by atoms with van der Waals surface area (Å²) in [6.45, 7) is 0.726. The first-order valence-electron chi connectivity index (χ1n) is 8.11. The van der Waals surface area contributed by atoms with Crippen LogP contribution in [-0.2, 0) is 9.59 Å². The monoisotopic (exact) mass is 261 g/mol. The molecule has 1 unspecified atom stereocenters. The Kier molecular flexibility index (Phi) is 2.71. The van der Waals surface area contributed by atoms with Gasteiger partial charge in [-0.3, -0.25) is 14.5 Å². The van der Waals surface area contributed by atoms with Gasteiger partial charge in [0.15, 0.2) is 0 Å². The first-order chi connectivity index (χ1) is 9.25. The van der Waals surface area contributed by atoms with Crippen molar-refractivity contribution in [3.63, 3.8) is 0 Å². The SMILES string of the molecule is O=C1C2[C@@H]3CC[C@@H](C3)[C@H]2C(=O)N1CC1CCCCC1. The zero-order valence-electron chi connectivity index (χ0n) is 11.5. The number of carbonyl (C=O) groups excluding carboxylic acids is 2. The van der Waals surface area contributed by atoms with Crippen molar-refractivity contribution >= 4 is 11.8 Å². The number of fused-ring (bicyclic) bond motifs is 5. The number of imide groups is 1. The number of hydrogen-bond acceptors (Lipinski definition) is 2. The van der Waals surface area contributed by atoms with Gasteiger partial charge in [0.1, 0.15) is 0 Å². The molecular weight excluding hydrogens is 238 g/mol. The molecule has 2 amide bonds. The molecule has 3 saturated carbocycles. The van der Waals surface area contributed by atoms with E-state index in [1.165, 1.54) is 44.9 Å². The minimum absolute atomic E-state index is 0.0786. The summed E-state index contributed by atoms with van der Waals surface area (Å²) < 4.78 is 0. The van der Waals surface area contributed by atoms with Crippen molar-refractivity contribution < 1.29 is 9.59 Å². The first kappa shape index (κ1) is 11.9. The molecule has 3 heteroatoms. The third kappa shape index (κ3) is 1.70. The van der Waals surface area contributed by atoms with E-state index in [4.69, 9.17) is 0 Å². The topological polar surface area (TPSA) is 37.4 Å². The molecule has 1 heterocycles. The molecule has 1 saturated heterocycles. The summed E-state index contributed by atoms with van der Waals surface area (Å²) in [5.41, 5.74) is 0. The zero-order chi connectivity index (χ0) is 13.0. The van der Waals surface area contributed by atoms with Crippen LogP contribution in [0.2, 0.25) is 0 Å². The van der Waals surface area contributed by atoms with Gasteiger partial charge in [-0.05, 0) is 49.9 Å². The number of nitrogens with zero attached hydrogens (tertiary/aromatic N) is 1. The van der Waals surface area contributed by atoms with Gasteiger partial charge in [0, 0.05) is 6.54 Å². The van der Waals surface area contributed by atoms with Gasteiger partial charge < -0.3 is 0 Å². The fourth-order valence-electron chi connectivity index (χ4n) is 5.28. The van der Waals surface area contributed by atoms with E-state index in [1.54, 1.807) is 4.90 Å². The Labute approximate surface area is 114 Å². The van der Waals surface area contributed by atoms with Gasteiger partial charge in [0.05, 0.1) is 11.8 Å². The molecule has 104 valence electrons. The maximum Gasteiger partial charge on any atom is 0.233 e. The van der Waals surface area contributed by atoms with Crippen LogP contribution in [-0.4, -0.2) is 23.3 Å². The molecule has 0 radical (unpaired) electrons. The van der Waals surface area contributed by atoms with Gasteiger partial charge in [-0.25, -0.2) is 0 Å². The van der Waals surface area contributed by atoms with Crippen molar-refractivity contribution in [2.45, 2.75) is 51.4 Å². The van der Waals surface area contributed by atoms with Crippen molar-refractivity contribution in [2.24, 2.45) is 29.6 Å². The van der Waals surface area contributed by atoms with Gasteiger partial charge in [0.2, 0.25) is 11.8 Å². The lowest BCUT2D eigenvalue weighted by Crippen LogP contribution is -2.37. The van der Waals surface area contributed by atoms with E-state index in [1.807, 2.05) is 0 Å². The molecule has 2 bridgehead atoms. The summed E-state index contributed by atoms with van der Waals surface area (Å²) in [4.78, 5) is 26.8. The predicted octanol–water partition coefficient (Wildman–Crippen LogP) is 2.60. The van der Waals surface area contributed by atoms with Crippen LogP contribution in [0.15, 0.2) is 0 Å². The Bertz CT molecular complexity index is 385. The van der Waals surface area contributed by atoms with E-state index in [0.29, 0.717) is 17.8 Å². The second kappa shape index (κ2) is 4.32. The second-order valence-electron chi connectivity index (χ2n) is 7.18. The van der Waals surface area contributed by atoms with Crippen LogP contribution in [0.1, 0.15) is 51.4 Å². The van der Waals surface area contributed by atoms with Crippen molar-refractivity contribution in [3.8, 4) is 0 Å². The molecule has 1 aliphatic heterocycles. The van der Waals surface area contributed by atoms with Crippen molar-refractivity contribution in [2.75, 3.05) is 6.54 Å². The second-order valence-corrected chi connectivity index (χ2v) is 7.18. The zero-order valence-corrected chi connectivity index (χ0v) is 11.5. The summed E-state index contributed by atoms with van der Waals surface area (Å²) in [5, 5.41) is 0. The average molecular weight is 261 g/mol. The largest absolute Gasteiger partial charge is 0.282 e. The van der Waals surface area contributed by atoms with Crippen LogP contribution >= 0.6 is 0 Å². The molecule has 0 aromatic heterocycles. The highest BCUT2D eigenvalue weighted by Gasteiger charge is 2.60. The Morgan fingerprint density at radius 3 is 2.00 bits per heavy atom. The molecular formula is C16H23NO2. The summed E-state index contributed by atoms with van der Waals surface area (Å²) in [5.74, 6) is 2.17. The Morgan fingerprint density at radius 2 is 1.42 bits per heavy atom. The standard InChI is InChI=1S/C16H23NO2/c18-15-13-11-6-7-12(8-11)14(13)16(19)17(15)9-10-4-2-1-3-5-10/h10-14H,1-9H2/t11-,12+,13+,14?/m0/s1. The van der Waals surface area contributed by atoms with Crippen molar-refractivity contribution in [1.29, 1.82) is 0 Å². The van der Waals surface area contributed by atoms with Crippen LogP contribution in [0.25, 0.3) is 0 Å². The predicted molar refractivity (Wildman–Crippen MR) is 71.1 cm³/mol. The summed E-state index contributed by atoms with van der Waals surface area (Å²) in [7, 11) is 0. The lowest BCUT2D eigenvalue weighted by molar-refractivity contribution is -0.141. The molecule has 4 fully saturated rings. The quantitative estimate of drug-likeness (QED) is 0.716. The van der Waals surface area contributed by atoms with Gasteiger partial charge in [-0.1, -0.05) is 19.3 Å². The first-order valence-corrected chi connectivity index (χ1v) is 8.11. The van der Waals surface area contributed by atoms with E-state index in [-0.39, 0.29) is 23.7 Å². The normalized spacial score (nSPS) is 42.2. The fourth-order valence-corrected chi connectivity index (χ4v) is 5.28. The maximum absolute atomic E-state index is 12.6. The minimum Gasteiger partial charge on any atom is -0.282 e. The Balaban J connectivity index is 1.51. The third-order valence-electron chi connectivity index (χ3n) is 6.18. The van der Waals surface area contributed by atoms with Gasteiger partial charge in [0.25, 0.3) is 0 Å². The minimum atomic E-state index is 0.0786. The molecule has 0 N–H and O–H groups in total. The number of rotatable bonds is 2. The number of likely N-dealkylation sites (tertiary alicyclic amines) is 1. The average Bonchev–Trinajstić information content (AvgIpc) is 3.10. The number of amides is 2. The van der Waals surface area contributed by atoms with E-state index < -0.39 is 0 Å². The van der Waals surface area contributed by atoms with Crippen LogP contribution in [0.5, 0.6) is 0 Å². The summed E-state index contributed by atoms with van der Waals surface area (Å²) in [6, 6.07) is 0. The lowest BCUT2D eigenvalue weighted by atomic mass is 9.81. The maximum atomic E-state index is 12.6. The molecule has 0 spiro atoms. The molecule has 0 aromatic rings. The molecule has 3 nitrogen and oxygen atoms in total. The van der Waals surface area contributed by atoms with Crippen molar-refractivity contribution in [1.82, 2.24) is 4.90 Å². The van der Waals surface area contributed by atoms with Gasteiger partial charge in [-0.2, -0.15) is 0 Å². The van der Waals surface area contributed by atoms with Crippen LogP contribution in [0.4, 0.5) is 0 Å². The highest BCUT2D eigenvalue weighted by Crippen LogP contribution is 2.56. The Hall–Kier alpha value is -0.860. The van der Waals surface area contributed by atoms with Gasteiger partial charge in [-0.15, -0.1) is 0 Å². The van der Waals surface area contributed by atoms with E-state index >= 15 is 0 Å². The fraction of sp³-hybridized carbons (Fsp3) is 0.875.